The molecule has 2 saturated carbocycles. The summed E-state index contributed by atoms with van der Waals surface area (Å²) in [6, 6.07) is 15.9. The van der Waals surface area contributed by atoms with Gasteiger partial charge in [0.2, 0.25) is 5.75 Å². The first kappa shape index (κ1) is 24.1. The summed E-state index contributed by atoms with van der Waals surface area (Å²) in [5.41, 5.74) is 1.55. The molecule has 1 amide bonds. The Labute approximate surface area is 227 Å². The molecule has 0 atom stereocenters. The summed E-state index contributed by atoms with van der Waals surface area (Å²) < 4.78 is 10.4. The van der Waals surface area contributed by atoms with E-state index in [2.05, 4.69) is 27.9 Å². The summed E-state index contributed by atoms with van der Waals surface area (Å²) in [5.74, 6) is 1.19. The van der Waals surface area contributed by atoms with Gasteiger partial charge in [-0.15, -0.1) is 0 Å². The number of nitrogens with zero attached hydrogens (tertiary/aromatic N) is 5. The predicted molar refractivity (Wildman–Crippen MR) is 148 cm³/mol. The maximum atomic E-state index is 13.9. The zero-order valence-electron chi connectivity index (χ0n) is 22.1. The summed E-state index contributed by atoms with van der Waals surface area (Å²) in [7, 11) is 0. The van der Waals surface area contributed by atoms with Crippen LogP contribution in [0.25, 0.3) is 11.0 Å². The average molecular weight is 524 g/mol. The molecule has 8 heteroatoms. The summed E-state index contributed by atoms with van der Waals surface area (Å²) in [6.07, 6.45) is 11.0. The fourth-order valence-electron chi connectivity index (χ4n) is 6.47. The molecule has 0 radical (unpaired) electrons. The van der Waals surface area contributed by atoms with Crippen molar-refractivity contribution >= 4 is 16.9 Å². The Bertz CT molecular complexity index is 1580. The fourth-order valence-corrected chi connectivity index (χ4v) is 6.47. The van der Waals surface area contributed by atoms with E-state index < -0.39 is 5.56 Å². The zero-order valence-corrected chi connectivity index (χ0v) is 22.1. The molecule has 4 heterocycles. The third-order valence-electron chi connectivity index (χ3n) is 8.69. The second-order valence-corrected chi connectivity index (χ2v) is 11.3. The number of rotatable bonds is 8. The lowest BCUT2D eigenvalue weighted by atomic mass is 9.91. The summed E-state index contributed by atoms with van der Waals surface area (Å²) in [6.45, 7) is 2.19. The standard InChI is InChI=1S/C31H33N5O3/c37-29-27(39-21-23-7-2-1-3-8-23)26-30(38)34(20-22-10-11-22)17-18-35(26)25(33-29)19-31(13-4-5-14-31)36-16-12-24-9-6-15-32-28(24)36/h1-3,6-9,12,15-16,22H,4-5,10-11,13-14,17-21H2. The van der Waals surface area contributed by atoms with Gasteiger partial charge >= 0.3 is 5.56 Å². The Morgan fingerprint density at radius 1 is 0.974 bits per heavy atom. The molecule has 0 spiro atoms. The third-order valence-corrected chi connectivity index (χ3v) is 8.69. The van der Waals surface area contributed by atoms with Crippen molar-refractivity contribution in [3.8, 4) is 5.75 Å². The van der Waals surface area contributed by atoms with Crippen molar-refractivity contribution in [1.29, 1.82) is 0 Å². The lowest BCUT2D eigenvalue weighted by Crippen LogP contribution is -2.45. The van der Waals surface area contributed by atoms with Crippen molar-refractivity contribution in [3.63, 3.8) is 0 Å². The fraction of sp³-hybridized carbons (Fsp3) is 0.419. The Kier molecular flexibility index (Phi) is 5.98. The number of carbonyl (C=O) groups is 1. The lowest BCUT2D eigenvalue weighted by molar-refractivity contribution is 0.0679. The quantitative estimate of drug-likeness (QED) is 0.338. The molecule has 1 aliphatic heterocycles. The Hall–Kier alpha value is -3.94. The van der Waals surface area contributed by atoms with E-state index in [1.54, 1.807) is 0 Å². The SMILES string of the molecule is O=C1c2c(OCc3ccccc3)c(=O)nc(CC3(n4ccc5cccnc54)CCCC3)n2CCN1CC1CC1. The zero-order chi connectivity index (χ0) is 26.4. The third kappa shape index (κ3) is 4.41. The summed E-state index contributed by atoms with van der Waals surface area (Å²) >= 11 is 0. The molecule has 0 N–H and O–H groups in total. The smallest absolute Gasteiger partial charge is 0.316 e. The number of amides is 1. The molecule has 200 valence electrons. The highest BCUT2D eigenvalue weighted by molar-refractivity contribution is 5.96. The number of fused-ring (bicyclic) bond motifs is 2. The Morgan fingerprint density at radius 3 is 2.59 bits per heavy atom. The molecule has 0 saturated heterocycles. The van der Waals surface area contributed by atoms with Crippen molar-refractivity contribution in [2.24, 2.45) is 5.92 Å². The van der Waals surface area contributed by atoms with E-state index >= 15 is 0 Å². The molecule has 39 heavy (non-hydrogen) atoms. The van der Waals surface area contributed by atoms with Crippen LogP contribution in [0.4, 0.5) is 0 Å². The van der Waals surface area contributed by atoms with Crippen molar-refractivity contribution in [2.45, 2.75) is 63.6 Å². The van der Waals surface area contributed by atoms with Crippen LogP contribution in [0.3, 0.4) is 0 Å². The minimum absolute atomic E-state index is 0.0710. The van der Waals surface area contributed by atoms with Gasteiger partial charge in [-0.2, -0.15) is 4.98 Å². The normalized spacial score (nSPS) is 18.5. The van der Waals surface area contributed by atoms with Crippen LogP contribution >= 0.6 is 0 Å². The van der Waals surface area contributed by atoms with Gasteiger partial charge < -0.3 is 18.8 Å². The molecule has 2 aliphatic carbocycles. The first-order valence-corrected chi connectivity index (χ1v) is 14.1. The van der Waals surface area contributed by atoms with Crippen LogP contribution in [0, 0.1) is 5.92 Å². The van der Waals surface area contributed by atoms with E-state index in [1.807, 2.05) is 52.1 Å². The highest BCUT2D eigenvalue weighted by atomic mass is 16.5. The highest BCUT2D eigenvalue weighted by Crippen LogP contribution is 2.41. The molecule has 0 bridgehead atoms. The molecular formula is C31H33N5O3. The van der Waals surface area contributed by atoms with Crippen molar-refractivity contribution in [3.05, 3.63) is 88.4 Å². The van der Waals surface area contributed by atoms with Crippen LogP contribution in [0.1, 0.15) is 60.4 Å². The molecule has 2 fully saturated rings. The molecule has 3 aromatic heterocycles. The van der Waals surface area contributed by atoms with E-state index in [4.69, 9.17) is 9.72 Å². The molecule has 7 rings (SSSR count). The first-order chi connectivity index (χ1) is 19.1. The summed E-state index contributed by atoms with van der Waals surface area (Å²) in [5, 5.41) is 1.10. The second kappa shape index (κ2) is 9.67. The minimum Gasteiger partial charge on any atom is -0.481 e. The van der Waals surface area contributed by atoms with Crippen LogP contribution in [0.15, 0.2) is 65.7 Å². The van der Waals surface area contributed by atoms with Gasteiger partial charge in [0.1, 0.15) is 18.1 Å². The maximum Gasteiger partial charge on any atom is 0.316 e. The van der Waals surface area contributed by atoms with Crippen LogP contribution in [0.2, 0.25) is 0 Å². The van der Waals surface area contributed by atoms with Gasteiger partial charge in [-0.3, -0.25) is 9.59 Å². The van der Waals surface area contributed by atoms with Gasteiger partial charge in [0.05, 0.1) is 5.54 Å². The first-order valence-electron chi connectivity index (χ1n) is 14.1. The predicted octanol–water partition coefficient (Wildman–Crippen LogP) is 4.55. The van der Waals surface area contributed by atoms with Gasteiger partial charge in [0.25, 0.3) is 5.91 Å². The molecule has 1 aromatic carbocycles. The van der Waals surface area contributed by atoms with E-state index in [0.717, 1.165) is 61.7 Å². The number of hydrogen-bond donors (Lipinski definition) is 0. The van der Waals surface area contributed by atoms with Crippen LogP contribution in [-0.2, 0) is 25.1 Å². The van der Waals surface area contributed by atoms with Crippen molar-refractivity contribution in [2.75, 3.05) is 13.1 Å². The van der Waals surface area contributed by atoms with E-state index in [1.165, 1.54) is 0 Å². The highest BCUT2D eigenvalue weighted by Gasteiger charge is 2.40. The molecule has 4 aromatic rings. The van der Waals surface area contributed by atoms with Crippen LogP contribution in [0.5, 0.6) is 5.75 Å². The van der Waals surface area contributed by atoms with Crippen LogP contribution in [-0.4, -0.2) is 43.0 Å². The number of benzene rings is 1. The number of ether oxygens (including phenoxy) is 1. The van der Waals surface area contributed by atoms with Crippen molar-refractivity contribution < 1.29 is 9.53 Å². The second-order valence-electron chi connectivity index (χ2n) is 11.3. The molecule has 3 aliphatic rings. The number of pyridine rings is 1. The Morgan fingerprint density at radius 2 is 1.79 bits per heavy atom. The van der Waals surface area contributed by atoms with Gasteiger partial charge in [0, 0.05) is 43.8 Å². The van der Waals surface area contributed by atoms with E-state index in [0.29, 0.717) is 36.9 Å². The number of aromatic nitrogens is 4. The number of hydrogen-bond acceptors (Lipinski definition) is 5. The Balaban J connectivity index is 1.30. The molecular weight excluding hydrogens is 490 g/mol. The van der Waals surface area contributed by atoms with E-state index in [9.17, 15) is 9.59 Å². The van der Waals surface area contributed by atoms with Crippen LogP contribution < -0.4 is 10.3 Å². The maximum absolute atomic E-state index is 13.9. The molecule has 0 unspecified atom stereocenters. The largest absolute Gasteiger partial charge is 0.481 e. The van der Waals surface area contributed by atoms with Gasteiger partial charge in [-0.05, 0) is 55.4 Å². The van der Waals surface area contributed by atoms with Gasteiger partial charge in [-0.1, -0.05) is 43.2 Å². The average Bonchev–Trinajstić information content (AvgIpc) is 3.46. The summed E-state index contributed by atoms with van der Waals surface area (Å²) in [4.78, 5) is 38.6. The van der Waals surface area contributed by atoms with Gasteiger partial charge in [0.15, 0.2) is 5.69 Å². The molecule has 8 nitrogen and oxygen atoms in total. The topological polar surface area (TPSA) is 82.3 Å². The van der Waals surface area contributed by atoms with Crippen molar-refractivity contribution in [1.82, 2.24) is 24.0 Å². The van der Waals surface area contributed by atoms with Gasteiger partial charge in [-0.25, -0.2) is 4.98 Å². The monoisotopic (exact) mass is 523 g/mol. The lowest BCUT2D eigenvalue weighted by Gasteiger charge is -2.35. The number of carbonyl (C=O) groups excluding carboxylic acids is 1. The van der Waals surface area contributed by atoms with E-state index in [-0.39, 0.29) is 23.8 Å². The minimum atomic E-state index is -0.461.